The Bertz CT molecular complexity index is 126. The molecule has 0 fully saturated rings. The summed E-state index contributed by atoms with van der Waals surface area (Å²) in [4.78, 5) is 0. The molecule has 0 aromatic carbocycles. The van der Waals surface area contributed by atoms with Gasteiger partial charge in [-0.3, -0.25) is 0 Å². The third-order valence-electron chi connectivity index (χ3n) is 1.11. The molecule has 0 unspecified atom stereocenters. The lowest BCUT2D eigenvalue weighted by Gasteiger charge is -2.26. The van der Waals surface area contributed by atoms with Gasteiger partial charge in [0.2, 0.25) is 0 Å². The zero-order chi connectivity index (χ0) is 8.41. The normalized spacial score (nSPS) is 13.3. The van der Waals surface area contributed by atoms with Gasteiger partial charge >= 0.3 is 0 Å². The van der Waals surface area contributed by atoms with Crippen LogP contribution in [0.2, 0.25) is 0 Å². The van der Waals surface area contributed by atoms with Crippen LogP contribution in [0.1, 0.15) is 34.1 Å². The molecule has 0 saturated heterocycles. The molecular weight excluding hydrogens is 146 g/mol. The Morgan fingerprint density at radius 2 is 1.70 bits per heavy atom. The van der Waals surface area contributed by atoms with E-state index in [1.807, 2.05) is 13.8 Å². The Balaban J connectivity index is 4.01. The maximum atomic E-state index is 9.38. The molecule has 0 aromatic rings. The lowest BCUT2D eigenvalue weighted by atomic mass is 9.91. The van der Waals surface area contributed by atoms with Crippen LogP contribution in [0.25, 0.3) is 0 Å². The molecule has 0 heterocycles. The molecule has 0 radical (unpaired) electrons. The van der Waals surface area contributed by atoms with Gasteiger partial charge in [-0.05, 0) is 27.7 Å². The van der Waals surface area contributed by atoms with Gasteiger partial charge in [0.15, 0.2) is 0 Å². The van der Waals surface area contributed by atoms with Crippen LogP contribution in [0.3, 0.4) is 0 Å². The monoisotopic (exact) mass is 161 g/mol. The highest BCUT2D eigenvalue weighted by Crippen LogP contribution is 2.22. The van der Waals surface area contributed by atoms with E-state index < -0.39 is 5.60 Å². The topological polar surface area (TPSA) is 32.6 Å². The van der Waals surface area contributed by atoms with E-state index in [1.165, 1.54) is 0 Å². The second-order valence-electron chi connectivity index (χ2n) is 3.89. The minimum Gasteiger partial charge on any atom is -0.390 e. The molecule has 0 bridgehead atoms. The Hall–Kier alpha value is -0.0200. The van der Waals surface area contributed by atoms with Crippen LogP contribution in [-0.2, 0) is 12.4 Å². The summed E-state index contributed by atoms with van der Waals surface area (Å²) in [6, 6.07) is 0. The van der Waals surface area contributed by atoms with Gasteiger partial charge in [-0.25, -0.2) is 4.36 Å². The average Bonchev–Trinajstić information content (AvgIpc) is 1.60. The summed E-state index contributed by atoms with van der Waals surface area (Å²) >= 11 is 4.57. The maximum Gasteiger partial charge on any atom is 0.0710 e. The van der Waals surface area contributed by atoms with Crippen molar-refractivity contribution in [2.24, 2.45) is 4.36 Å². The largest absolute Gasteiger partial charge is 0.390 e. The van der Waals surface area contributed by atoms with Gasteiger partial charge in [0.05, 0.1) is 11.1 Å². The van der Waals surface area contributed by atoms with E-state index in [1.54, 1.807) is 13.8 Å². The van der Waals surface area contributed by atoms with Gasteiger partial charge in [0, 0.05) is 18.8 Å². The third-order valence-corrected chi connectivity index (χ3v) is 1.61. The van der Waals surface area contributed by atoms with E-state index in [2.05, 4.69) is 16.8 Å². The van der Waals surface area contributed by atoms with Crippen molar-refractivity contribution in [3.8, 4) is 0 Å². The Morgan fingerprint density at radius 1 is 1.30 bits per heavy atom. The Morgan fingerprint density at radius 3 is 1.80 bits per heavy atom. The molecule has 2 nitrogen and oxygen atoms in total. The van der Waals surface area contributed by atoms with Gasteiger partial charge in [-0.1, -0.05) is 0 Å². The number of rotatable bonds is 3. The molecule has 0 atom stereocenters. The van der Waals surface area contributed by atoms with Crippen LogP contribution in [0.4, 0.5) is 0 Å². The number of hydrogen-bond donors (Lipinski definition) is 1. The van der Waals surface area contributed by atoms with Crippen molar-refractivity contribution >= 4 is 12.4 Å². The lowest BCUT2D eigenvalue weighted by Crippen LogP contribution is -2.30. The summed E-state index contributed by atoms with van der Waals surface area (Å²) in [7, 11) is 0. The van der Waals surface area contributed by atoms with Crippen molar-refractivity contribution < 1.29 is 5.11 Å². The first-order valence-electron chi connectivity index (χ1n) is 3.34. The molecule has 0 saturated carbocycles. The Labute approximate surface area is 67.8 Å². The molecule has 0 aromatic heterocycles. The van der Waals surface area contributed by atoms with Crippen molar-refractivity contribution in [3.05, 3.63) is 0 Å². The SMILES string of the molecule is CC(C)(O)CC(C)(C)N=S. The van der Waals surface area contributed by atoms with Crippen LogP contribution >= 0.6 is 0 Å². The van der Waals surface area contributed by atoms with Crippen molar-refractivity contribution in [1.29, 1.82) is 0 Å². The van der Waals surface area contributed by atoms with E-state index in [-0.39, 0.29) is 5.54 Å². The summed E-state index contributed by atoms with van der Waals surface area (Å²) in [6.45, 7) is 7.35. The first-order valence-corrected chi connectivity index (χ1v) is 3.70. The van der Waals surface area contributed by atoms with Crippen LogP contribution in [-0.4, -0.2) is 16.2 Å². The van der Waals surface area contributed by atoms with Crippen molar-refractivity contribution in [1.82, 2.24) is 0 Å². The van der Waals surface area contributed by atoms with Crippen molar-refractivity contribution in [3.63, 3.8) is 0 Å². The fourth-order valence-electron chi connectivity index (χ4n) is 1.09. The molecule has 0 amide bonds. The molecular formula is C7H15NOS. The second kappa shape index (κ2) is 2.93. The van der Waals surface area contributed by atoms with Gasteiger partial charge < -0.3 is 5.11 Å². The number of aliphatic hydroxyl groups is 1. The van der Waals surface area contributed by atoms with E-state index in [0.29, 0.717) is 6.42 Å². The quantitative estimate of drug-likeness (QED) is 0.682. The first-order chi connectivity index (χ1) is 4.27. The predicted molar refractivity (Wildman–Crippen MR) is 44.8 cm³/mol. The summed E-state index contributed by atoms with van der Waals surface area (Å²) < 4.78 is 3.73. The van der Waals surface area contributed by atoms with Crippen LogP contribution in [0, 0.1) is 0 Å². The fourth-order valence-corrected chi connectivity index (χ4v) is 1.16. The summed E-state index contributed by atoms with van der Waals surface area (Å²) in [5, 5.41) is 9.38. The number of hydrogen-bond acceptors (Lipinski definition) is 3. The molecule has 3 heteroatoms. The smallest absolute Gasteiger partial charge is 0.0710 e. The molecule has 0 aliphatic rings. The molecule has 10 heavy (non-hydrogen) atoms. The molecule has 1 N–H and O–H groups in total. The van der Waals surface area contributed by atoms with Crippen LogP contribution < -0.4 is 0 Å². The zero-order valence-corrected chi connectivity index (χ0v) is 7.83. The molecule has 0 rings (SSSR count). The highest BCUT2D eigenvalue weighted by Gasteiger charge is 2.25. The van der Waals surface area contributed by atoms with E-state index in [0.717, 1.165) is 0 Å². The fraction of sp³-hybridized carbons (Fsp3) is 1.00. The zero-order valence-electron chi connectivity index (χ0n) is 7.01. The predicted octanol–water partition coefficient (Wildman–Crippen LogP) is 1.66. The average molecular weight is 161 g/mol. The summed E-state index contributed by atoms with van der Waals surface area (Å²) in [5.41, 5.74) is -0.959. The third kappa shape index (κ3) is 4.82. The highest BCUT2D eigenvalue weighted by molar-refractivity contribution is 7.47. The van der Waals surface area contributed by atoms with Crippen molar-refractivity contribution in [2.75, 3.05) is 0 Å². The molecule has 60 valence electrons. The molecule has 0 aliphatic heterocycles. The lowest BCUT2D eigenvalue weighted by molar-refractivity contribution is 0.0526. The van der Waals surface area contributed by atoms with Gasteiger partial charge in [-0.15, -0.1) is 0 Å². The van der Waals surface area contributed by atoms with Gasteiger partial charge in [-0.2, -0.15) is 0 Å². The van der Waals surface area contributed by atoms with Crippen LogP contribution in [0.5, 0.6) is 0 Å². The Kier molecular flexibility index (Phi) is 2.92. The highest BCUT2D eigenvalue weighted by atomic mass is 32.1. The maximum absolute atomic E-state index is 9.38. The first kappa shape index (κ1) is 9.98. The summed E-state index contributed by atoms with van der Waals surface area (Å²) in [6.07, 6.45) is 0.601. The number of nitrogens with zero attached hydrogens (tertiary/aromatic N) is 1. The van der Waals surface area contributed by atoms with E-state index in [4.69, 9.17) is 0 Å². The van der Waals surface area contributed by atoms with Gasteiger partial charge in [0.1, 0.15) is 0 Å². The molecule has 0 aliphatic carbocycles. The van der Waals surface area contributed by atoms with Crippen LogP contribution in [0.15, 0.2) is 4.36 Å². The van der Waals surface area contributed by atoms with Gasteiger partial charge in [0.25, 0.3) is 0 Å². The van der Waals surface area contributed by atoms with E-state index in [9.17, 15) is 5.11 Å². The standard InChI is InChI=1S/C7H15NOS/c1-6(2,8-10)5-7(3,4)9/h9H,5H2,1-4H3. The minimum absolute atomic E-state index is 0.284. The molecule has 0 spiro atoms. The summed E-state index contributed by atoms with van der Waals surface area (Å²) in [5.74, 6) is 0. The minimum atomic E-state index is -0.675. The second-order valence-corrected chi connectivity index (χ2v) is 4.08. The van der Waals surface area contributed by atoms with E-state index >= 15 is 0 Å². The van der Waals surface area contributed by atoms with Crippen molar-refractivity contribution in [2.45, 2.75) is 45.3 Å².